The van der Waals surface area contributed by atoms with E-state index in [4.69, 9.17) is 5.11 Å². The molecule has 1 aromatic carbocycles. The van der Waals surface area contributed by atoms with Gasteiger partial charge in [-0.3, -0.25) is 0 Å². The van der Waals surface area contributed by atoms with Crippen molar-refractivity contribution in [3.8, 4) is 0 Å². The van der Waals surface area contributed by atoms with Gasteiger partial charge in [0.2, 0.25) is 0 Å². The van der Waals surface area contributed by atoms with Crippen LogP contribution in [0, 0.1) is 0 Å². The molecule has 0 aliphatic rings. The van der Waals surface area contributed by atoms with Gasteiger partial charge in [-0.15, -0.1) is 0 Å². The molecule has 0 bridgehead atoms. The van der Waals surface area contributed by atoms with Crippen molar-refractivity contribution in [3.05, 3.63) is 29.8 Å². The minimum absolute atomic E-state index is 0.238. The molecule has 0 heterocycles. The van der Waals surface area contributed by atoms with Crippen molar-refractivity contribution in [1.82, 2.24) is 0 Å². The van der Waals surface area contributed by atoms with E-state index in [1.807, 2.05) is 6.92 Å². The second-order valence-corrected chi connectivity index (χ2v) is 2.95. The minimum atomic E-state index is -0.951. The number of aliphatic hydroxyl groups is 1. The quantitative estimate of drug-likeness (QED) is 0.637. The molecule has 1 aromatic rings. The summed E-state index contributed by atoms with van der Waals surface area (Å²) in [6.45, 7) is 1.85. The molecule has 14 heavy (non-hydrogen) atoms. The van der Waals surface area contributed by atoms with Crippen LogP contribution in [0.15, 0.2) is 24.3 Å². The number of aromatic carboxylic acids is 1. The summed E-state index contributed by atoms with van der Waals surface area (Å²) in [6.07, 6.45) is 0.00593. The molecule has 0 radical (unpaired) electrons. The molecular formula is C10H13NO3. The first-order valence-corrected chi connectivity index (χ1v) is 4.41. The predicted molar refractivity (Wildman–Crippen MR) is 53.3 cm³/mol. The van der Waals surface area contributed by atoms with Crippen molar-refractivity contribution in [3.63, 3.8) is 0 Å². The van der Waals surface area contributed by atoms with E-state index in [0.29, 0.717) is 12.1 Å². The number of hydrogen-bond donors (Lipinski definition) is 3. The van der Waals surface area contributed by atoms with Gasteiger partial charge in [-0.05, 0) is 30.7 Å². The Morgan fingerprint density at radius 2 is 2.00 bits per heavy atom. The van der Waals surface area contributed by atoms with Crippen LogP contribution in [0.25, 0.3) is 0 Å². The van der Waals surface area contributed by atoms with E-state index >= 15 is 0 Å². The molecule has 0 aliphatic heterocycles. The van der Waals surface area contributed by atoms with Crippen LogP contribution in [0.1, 0.15) is 23.7 Å². The topological polar surface area (TPSA) is 69.6 Å². The average molecular weight is 195 g/mol. The van der Waals surface area contributed by atoms with Crippen molar-refractivity contribution in [2.75, 3.05) is 5.32 Å². The van der Waals surface area contributed by atoms with Crippen LogP contribution in [0.3, 0.4) is 0 Å². The molecule has 3 N–H and O–H groups in total. The van der Waals surface area contributed by atoms with Gasteiger partial charge in [-0.2, -0.15) is 0 Å². The Bertz CT molecular complexity index is 308. The molecule has 0 saturated carbocycles. The Kier molecular flexibility index (Phi) is 3.48. The van der Waals surface area contributed by atoms with Gasteiger partial charge < -0.3 is 15.5 Å². The second-order valence-electron chi connectivity index (χ2n) is 2.95. The zero-order chi connectivity index (χ0) is 10.6. The Balaban J connectivity index is 2.68. The molecule has 0 amide bonds. The number of benzene rings is 1. The molecule has 0 saturated heterocycles. The molecule has 4 nitrogen and oxygen atoms in total. The maximum absolute atomic E-state index is 10.5. The normalized spacial score (nSPS) is 12.1. The predicted octanol–water partition coefficient (Wildman–Crippen LogP) is 1.53. The number of aliphatic hydroxyl groups excluding tert-OH is 1. The third-order valence-corrected chi connectivity index (χ3v) is 1.85. The highest BCUT2D eigenvalue weighted by molar-refractivity contribution is 5.87. The molecule has 1 unspecified atom stereocenters. The molecule has 4 heteroatoms. The van der Waals surface area contributed by atoms with Gasteiger partial charge in [0, 0.05) is 5.69 Å². The third-order valence-electron chi connectivity index (χ3n) is 1.85. The first-order chi connectivity index (χ1) is 6.63. The van der Waals surface area contributed by atoms with E-state index in [-0.39, 0.29) is 5.56 Å². The summed E-state index contributed by atoms with van der Waals surface area (Å²) < 4.78 is 0. The fraction of sp³-hybridized carbons (Fsp3) is 0.300. The SMILES string of the molecule is CCC(O)Nc1ccc(C(=O)O)cc1. The highest BCUT2D eigenvalue weighted by atomic mass is 16.4. The number of carboxylic acid groups (broad SMARTS) is 1. The first kappa shape index (κ1) is 10.5. The first-order valence-electron chi connectivity index (χ1n) is 4.41. The van der Waals surface area contributed by atoms with E-state index in [2.05, 4.69) is 5.32 Å². The zero-order valence-corrected chi connectivity index (χ0v) is 7.90. The molecule has 0 spiro atoms. The lowest BCUT2D eigenvalue weighted by Gasteiger charge is -2.11. The van der Waals surface area contributed by atoms with Crippen LogP contribution < -0.4 is 5.32 Å². The smallest absolute Gasteiger partial charge is 0.335 e. The average Bonchev–Trinajstić information content (AvgIpc) is 2.18. The van der Waals surface area contributed by atoms with Crippen molar-refractivity contribution >= 4 is 11.7 Å². The van der Waals surface area contributed by atoms with Gasteiger partial charge in [0.25, 0.3) is 0 Å². The number of hydrogen-bond acceptors (Lipinski definition) is 3. The Morgan fingerprint density at radius 3 is 2.43 bits per heavy atom. The van der Waals surface area contributed by atoms with Crippen LogP contribution in [-0.4, -0.2) is 22.4 Å². The maximum Gasteiger partial charge on any atom is 0.335 e. The van der Waals surface area contributed by atoms with Gasteiger partial charge in [-0.1, -0.05) is 6.92 Å². The second kappa shape index (κ2) is 4.62. The Morgan fingerprint density at radius 1 is 1.43 bits per heavy atom. The Labute approximate surface area is 82.2 Å². The van der Waals surface area contributed by atoms with E-state index in [1.165, 1.54) is 12.1 Å². The maximum atomic E-state index is 10.5. The van der Waals surface area contributed by atoms with Gasteiger partial charge in [0.15, 0.2) is 0 Å². The molecule has 1 rings (SSSR count). The fourth-order valence-electron chi connectivity index (χ4n) is 1.00. The highest BCUT2D eigenvalue weighted by Crippen LogP contribution is 2.10. The van der Waals surface area contributed by atoms with Crippen LogP contribution in [0.5, 0.6) is 0 Å². The number of carboxylic acids is 1. The number of rotatable bonds is 4. The van der Waals surface area contributed by atoms with Crippen LogP contribution in [0.2, 0.25) is 0 Å². The molecule has 0 fully saturated rings. The summed E-state index contributed by atoms with van der Waals surface area (Å²) in [6, 6.07) is 6.24. The monoisotopic (exact) mass is 195 g/mol. The number of nitrogens with one attached hydrogen (secondary N) is 1. The van der Waals surface area contributed by atoms with Gasteiger partial charge in [0.1, 0.15) is 6.23 Å². The van der Waals surface area contributed by atoms with E-state index in [0.717, 1.165) is 0 Å². The zero-order valence-electron chi connectivity index (χ0n) is 7.90. The summed E-state index contributed by atoms with van der Waals surface area (Å²) >= 11 is 0. The summed E-state index contributed by atoms with van der Waals surface area (Å²) in [5.41, 5.74) is 0.950. The van der Waals surface area contributed by atoms with Gasteiger partial charge in [0.05, 0.1) is 5.56 Å². The van der Waals surface area contributed by atoms with Crippen molar-refractivity contribution < 1.29 is 15.0 Å². The lowest BCUT2D eigenvalue weighted by molar-refractivity contribution is 0.0697. The number of anilines is 1. The lowest BCUT2D eigenvalue weighted by Crippen LogP contribution is -2.16. The van der Waals surface area contributed by atoms with Gasteiger partial charge >= 0.3 is 5.97 Å². The molecule has 1 atom stereocenters. The minimum Gasteiger partial charge on any atom is -0.478 e. The van der Waals surface area contributed by atoms with Crippen LogP contribution in [0.4, 0.5) is 5.69 Å². The van der Waals surface area contributed by atoms with Crippen molar-refractivity contribution in [2.45, 2.75) is 19.6 Å². The highest BCUT2D eigenvalue weighted by Gasteiger charge is 2.03. The van der Waals surface area contributed by atoms with E-state index in [1.54, 1.807) is 12.1 Å². The van der Waals surface area contributed by atoms with Crippen molar-refractivity contribution in [2.24, 2.45) is 0 Å². The molecule has 76 valence electrons. The number of carbonyl (C=O) groups is 1. The summed E-state index contributed by atoms with van der Waals surface area (Å²) in [5.74, 6) is -0.951. The Hall–Kier alpha value is -1.55. The van der Waals surface area contributed by atoms with E-state index in [9.17, 15) is 9.90 Å². The molecule has 0 aromatic heterocycles. The largest absolute Gasteiger partial charge is 0.478 e. The molecular weight excluding hydrogens is 182 g/mol. The molecule has 0 aliphatic carbocycles. The third kappa shape index (κ3) is 2.74. The van der Waals surface area contributed by atoms with Crippen LogP contribution >= 0.6 is 0 Å². The van der Waals surface area contributed by atoms with Gasteiger partial charge in [-0.25, -0.2) is 4.79 Å². The fourth-order valence-corrected chi connectivity index (χ4v) is 1.00. The van der Waals surface area contributed by atoms with Crippen LogP contribution in [-0.2, 0) is 0 Å². The summed E-state index contributed by atoms with van der Waals surface area (Å²) in [4.78, 5) is 10.5. The lowest BCUT2D eigenvalue weighted by atomic mass is 10.2. The van der Waals surface area contributed by atoms with E-state index < -0.39 is 12.2 Å². The summed E-state index contributed by atoms with van der Waals surface area (Å²) in [5, 5.41) is 20.7. The standard InChI is InChI=1S/C10H13NO3/c1-2-9(12)11-8-5-3-7(4-6-8)10(13)14/h3-6,9,11-12H,2H2,1H3,(H,13,14). The summed E-state index contributed by atoms with van der Waals surface area (Å²) in [7, 11) is 0. The van der Waals surface area contributed by atoms with Crippen molar-refractivity contribution in [1.29, 1.82) is 0 Å².